The third kappa shape index (κ3) is 4.71. The minimum atomic E-state index is -3.47. The summed E-state index contributed by atoms with van der Waals surface area (Å²) in [5.74, 6) is 0.476. The summed E-state index contributed by atoms with van der Waals surface area (Å²) in [4.78, 5) is 12.3. The fourth-order valence-electron chi connectivity index (χ4n) is 1.99. The van der Waals surface area contributed by atoms with E-state index in [4.69, 9.17) is 5.73 Å². The molecule has 0 aromatic carbocycles. The highest BCUT2D eigenvalue weighted by molar-refractivity contribution is 7.91. The molecule has 120 valence electrons. The quantitative estimate of drug-likeness (QED) is 0.564. The first-order valence-corrected chi connectivity index (χ1v) is 9.78. The first-order chi connectivity index (χ1) is 9.68. The normalized spacial score (nSPS) is 11.9. The van der Waals surface area contributed by atoms with Crippen LogP contribution in [0.4, 0.5) is 10.7 Å². The van der Waals surface area contributed by atoms with Crippen LogP contribution in [0.3, 0.4) is 0 Å². The van der Waals surface area contributed by atoms with Gasteiger partial charge in [0.05, 0.1) is 10.6 Å². The standard InChI is InChI=1S/C14H24N2O3S2/c1-5-10(17)12-11(15)13(21(4,18)19)14(20-12)16-8-6-7-9(2)3/h9,16H,5-8,15H2,1-4H3. The lowest BCUT2D eigenvalue weighted by atomic mass is 10.1. The Bertz CT molecular complexity index is 604. The van der Waals surface area contributed by atoms with Crippen molar-refractivity contribution in [2.75, 3.05) is 23.9 Å². The Labute approximate surface area is 130 Å². The van der Waals surface area contributed by atoms with Crippen LogP contribution in [0.1, 0.15) is 49.7 Å². The summed E-state index contributed by atoms with van der Waals surface area (Å²) in [6.07, 6.45) is 3.42. The van der Waals surface area contributed by atoms with Crippen LogP contribution in [0.5, 0.6) is 0 Å². The molecule has 0 saturated carbocycles. The molecule has 3 N–H and O–H groups in total. The third-order valence-corrected chi connectivity index (χ3v) is 5.59. The number of thiophene rings is 1. The molecule has 0 aliphatic heterocycles. The number of carbonyl (C=O) groups is 1. The van der Waals surface area contributed by atoms with Gasteiger partial charge in [0.15, 0.2) is 15.6 Å². The molecule has 7 heteroatoms. The second-order valence-electron chi connectivity index (χ2n) is 5.51. The molecule has 0 amide bonds. The zero-order valence-electron chi connectivity index (χ0n) is 13.0. The van der Waals surface area contributed by atoms with Gasteiger partial charge in [-0.15, -0.1) is 11.3 Å². The van der Waals surface area contributed by atoms with Gasteiger partial charge in [0.2, 0.25) is 0 Å². The predicted octanol–water partition coefficient (Wildman–Crippen LogP) is 3.17. The molecule has 1 heterocycles. The van der Waals surface area contributed by atoms with Crippen molar-refractivity contribution in [2.24, 2.45) is 5.92 Å². The van der Waals surface area contributed by atoms with Gasteiger partial charge in [0.25, 0.3) is 0 Å². The lowest BCUT2D eigenvalue weighted by molar-refractivity contribution is 0.0992. The Morgan fingerprint density at radius 3 is 2.48 bits per heavy atom. The summed E-state index contributed by atoms with van der Waals surface area (Å²) in [7, 11) is -3.47. The van der Waals surface area contributed by atoms with Crippen molar-refractivity contribution < 1.29 is 13.2 Å². The van der Waals surface area contributed by atoms with E-state index >= 15 is 0 Å². The molecule has 0 bridgehead atoms. The van der Waals surface area contributed by atoms with Crippen LogP contribution in [0.2, 0.25) is 0 Å². The van der Waals surface area contributed by atoms with Crippen molar-refractivity contribution in [1.82, 2.24) is 0 Å². The van der Waals surface area contributed by atoms with Crippen LogP contribution in [0, 0.1) is 5.92 Å². The maximum atomic E-state index is 11.9. The first-order valence-electron chi connectivity index (χ1n) is 7.07. The van der Waals surface area contributed by atoms with Gasteiger partial charge in [-0.25, -0.2) is 8.42 Å². The molecule has 21 heavy (non-hydrogen) atoms. The predicted molar refractivity (Wildman–Crippen MR) is 89.0 cm³/mol. The fraction of sp³-hybridized carbons (Fsp3) is 0.643. The number of Topliss-reactive ketones (excluding diaryl/α,β-unsaturated/α-hetero) is 1. The maximum absolute atomic E-state index is 11.9. The van der Waals surface area contributed by atoms with Crippen molar-refractivity contribution >= 4 is 37.6 Å². The molecule has 5 nitrogen and oxygen atoms in total. The van der Waals surface area contributed by atoms with Crippen molar-refractivity contribution in [1.29, 1.82) is 0 Å². The monoisotopic (exact) mass is 332 g/mol. The lowest BCUT2D eigenvalue weighted by Crippen LogP contribution is -2.08. The maximum Gasteiger partial charge on any atom is 0.180 e. The molecular formula is C14H24N2O3S2. The lowest BCUT2D eigenvalue weighted by Gasteiger charge is -2.08. The summed E-state index contributed by atoms with van der Waals surface area (Å²) in [5, 5.41) is 3.60. The second-order valence-corrected chi connectivity index (χ2v) is 8.49. The summed E-state index contributed by atoms with van der Waals surface area (Å²) in [6, 6.07) is 0. The van der Waals surface area contributed by atoms with Gasteiger partial charge in [-0.3, -0.25) is 4.79 Å². The second kappa shape index (κ2) is 7.26. The molecule has 1 rings (SSSR count). The molecule has 1 aromatic rings. The van der Waals surface area contributed by atoms with E-state index in [2.05, 4.69) is 19.2 Å². The van der Waals surface area contributed by atoms with Gasteiger partial charge >= 0.3 is 0 Å². The molecule has 0 spiro atoms. The van der Waals surface area contributed by atoms with Gasteiger partial charge in [-0.2, -0.15) is 0 Å². The summed E-state index contributed by atoms with van der Waals surface area (Å²) >= 11 is 1.14. The fourth-order valence-corrected chi connectivity index (χ4v) is 4.60. The average Bonchev–Trinajstić information content (AvgIpc) is 2.70. The number of ketones is 1. The Balaban J connectivity index is 3.04. The number of nitrogens with two attached hydrogens (primary N) is 1. The minimum Gasteiger partial charge on any atom is -0.396 e. The smallest absolute Gasteiger partial charge is 0.180 e. The van der Waals surface area contributed by atoms with Gasteiger partial charge in [0, 0.05) is 19.2 Å². The van der Waals surface area contributed by atoms with E-state index in [1.165, 1.54) is 0 Å². The number of hydrogen-bond acceptors (Lipinski definition) is 6. The van der Waals surface area contributed by atoms with Crippen molar-refractivity contribution in [3.8, 4) is 0 Å². The van der Waals surface area contributed by atoms with Crippen molar-refractivity contribution in [2.45, 2.75) is 44.9 Å². The minimum absolute atomic E-state index is 0.0637. The van der Waals surface area contributed by atoms with Gasteiger partial charge in [0.1, 0.15) is 9.90 Å². The Hall–Kier alpha value is -1.08. The molecule has 0 fully saturated rings. The zero-order valence-corrected chi connectivity index (χ0v) is 14.7. The Morgan fingerprint density at radius 2 is 2.00 bits per heavy atom. The molecule has 0 unspecified atom stereocenters. The number of nitrogen functional groups attached to an aromatic ring is 1. The van der Waals surface area contributed by atoms with Crippen molar-refractivity contribution in [3.05, 3.63) is 4.88 Å². The van der Waals surface area contributed by atoms with Gasteiger partial charge < -0.3 is 11.1 Å². The summed E-state index contributed by atoms with van der Waals surface area (Å²) in [6.45, 7) is 6.68. The van der Waals surface area contributed by atoms with E-state index in [1.807, 2.05) is 0 Å². The highest BCUT2D eigenvalue weighted by atomic mass is 32.2. The molecular weight excluding hydrogens is 308 g/mol. The largest absolute Gasteiger partial charge is 0.396 e. The third-order valence-electron chi connectivity index (χ3n) is 3.09. The highest BCUT2D eigenvalue weighted by Crippen LogP contribution is 2.39. The summed E-state index contributed by atoms with van der Waals surface area (Å²) in [5.41, 5.74) is 5.97. The highest BCUT2D eigenvalue weighted by Gasteiger charge is 2.26. The molecule has 0 atom stereocenters. The number of hydrogen-bond donors (Lipinski definition) is 2. The summed E-state index contributed by atoms with van der Waals surface area (Å²) < 4.78 is 23.8. The van der Waals surface area contributed by atoms with Gasteiger partial charge in [-0.05, 0) is 18.8 Å². The number of anilines is 2. The number of sulfone groups is 1. The molecule has 0 aliphatic rings. The molecule has 0 aliphatic carbocycles. The van der Waals surface area contributed by atoms with Crippen LogP contribution in [0.15, 0.2) is 4.90 Å². The van der Waals surface area contributed by atoms with Crippen molar-refractivity contribution in [3.63, 3.8) is 0 Å². The average molecular weight is 332 g/mol. The van der Waals surface area contributed by atoms with E-state index in [-0.39, 0.29) is 16.4 Å². The van der Waals surface area contributed by atoms with E-state index in [0.29, 0.717) is 28.8 Å². The Morgan fingerprint density at radius 1 is 1.38 bits per heavy atom. The van der Waals surface area contributed by atoms with Crippen LogP contribution in [-0.2, 0) is 9.84 Å². The molecule has 1 aromatic heterocycles. The molecule has 0 radical (unpaired) electrons. The van der Waals surface area contributed by atoms with E-state index in [9.17, 15) is 13.2 Å². The van der Waals surface area contributed by atoms with Crippen LogP contribution >= 0.6 is 11.3 Å². The number of carbonyl (C=O) groups excluding carboxylic acids is 1. The van der Waals surface area contributed by atoms with Crippen LogP contribution in [0.25, 0.3) is 0 Å². The van der Waals surface area contributed by atoms with Crippen LogP contribution in [-0.4, -0.2) is 27.0 Å². The van der Waals surface area contributed by atoms with E-state index in [1.54, 1.807) is 6.92 Å². The van der Waals surface area contributed by atoms with E-state index < -0.39 is 9.84 Å². The molecule has 0 saturated heterocycles. The first kappa shape index (κ1) is 18.0. The number of rotatable bonds is 8. The number of nitrogens with one attached hydrogen (secondary N) is 1. The SMILES string of the molecule is CCC(=O)c1sc(NCCCC(C)C)c(S(C)(=O)=O)c1N. The van der Waals surface area contributed by atoms with Crippen LogP contribution < -0.4 is 11.1 Å². The topological polar surface area (TPSA) is 89.3 Å². The Kier molecular flexibility index (Phi) is 6.22. The zero-order chi connectivity index (χ0) is 16.2. The van der Waals surface area contributed by atoms with E-state index in [0.717, 1.165) is 30.4 Å². The van der Waals surface area contributed by atoms with Gasteiger partial charge in [-0.1, -0.05) is 20.8 Å².